The number of nitrogens with zero attached hydrogens (tertiary/aromatic N) is 2. The Kier molecular flexibility index (Phi) is 6.63. The van der Waals surface area contributed by atoms with Gasteiger partial charge in [0.15, 0.2) is 11.6 Å². The number of aromatic nitrogens is 1. The van der Waals surface area contributed by atoms with E-state index in [4.69, 9.17) is 16.3 Å². The summed E-state index contributed by atoms with van der Waals surface area (Å²) in [5.41, 5.74) is 1.48. The Labute approximate surface area is 194 Å². The minimum atomic E-state index is -0.346. The van der Waals surface area contributed by atoms with Crippen LogP contribution >= 0.6 is 11.6 Å². The van der Waals surface area contributed by atoms with Gasteiger partial charge in [0.25, 0.3) is 5.91 Å². The van der Waals surface area contributed by atoms with Crippen LogP contribution in [0.1, 0.15) is 56.8 Å². The summed E-state index contributed by atoms with van der Waals surface area (Å²) in [6, 6.07) is 8.84. The second kappa shape index (κ2) is 9.28. The fourth-order valence-electron chi connectivity index (χ4n) is 4.84. The van der Waals surface area contributed by atoms with Crippen molar-refractivity contribution in [2.45, 2.75) is 58.5 Å². The number of ether oxygens (including phenoxy) is 1. The second-order valence-corrected chi connectivity index (χ2v) is 10.3. The average Bonchev–Trinajstić information content (AvgIpc) is 2.78. The first kappa shape index (κ1) is 22.9. The lowest BCUT2D eigenvalue weighted by molar-refractivity contribution is 0.0898. The first-order valence-electron chi connectivity index (χ1n) is 11.4. The van der Waals surface area contributed by atoms with Crippen LogP contribution in [0.2, 0.25) is 5.02 Å². The molecule has 1 aromatic heterocycles. The Morgan fingerprint density at radius 1 is 1.22 bits per heavy atom. The topological polar surface area (TPSA) is 74.7 Å². The summed E-state index contributed by atoms with van der Waals surface area (Å²) in [5.74, 6) is 1.60. The Hall–Kier alpha value is -2.31. The smallest absolute Gasteiger partial charge is 0.255 e. The van der Waals surface area contributed by atoms with Crippen molar-refractivity contribution in [3.63, 3.8) is 0 Å². The third-order valence-electron chi connectivity index (χ3n) is 6.75. The molecule has 1 atom stereocenters. The number of amides is 1. The summed E-state index contributed by atoms with van der Waals surface area (Å²) >= 11 is 6.42. The summed E-state index contributed by atoms with van der Waals surface area (Å²) in [4.78, 5) is 19.5. The van der Waals surface area contributed by atoms with Crippen LogP contribution in [0.5, 0.6) is 5.75 Å². The minimum absolute atomic E-state index is 0.125. The standard InChI is InChI=1S/C25H32ClN3O3/c1-25(2,3)16-9-11-17(12-10-16)28-24(31)19-6-4-8-21-22(19)32-15-18(14-30)29(21)23-20(26)7-5-13-27-23/h4-8,13,16-18,30H,9-12,14-15H2,1-3H3,(H,28,31)/t16-,17-,18-/m0/s1. The molecule has 2 heterocycles. The number of anilines is 2. The van der Waals surface area contributed by atoms with Crippen LogP contribution in [-0.2, 0) is 0 Å². The van der Waals surface area contributed by atoms with Crippen molar-refractivity contribution in [2.24, 2.45) is 11.3 Å². The van der Waals surface area contributed by atoms with Crippen LogP contribution in [0.25, 0.3) is 0 Å². The van der Waals surface area contributed by atoms with E-state index in [1.165, 1.54) is 0 Å². The molecule has 1 saturated carbocycles. The number of aliphatic hydroxyl groups excluding tert-OH is 1. The zero-order valence-electron chi connectivity index (χ0n) is 19.0. The predicted molar refractivity (Wildman–Crippen MR) is 127 cm³/mol. The summed E-state index contributed by atoms with van der Waals surface area (Å²) in [5, 5.41) is 13.6. The van der Waals surface area contributed by atoms with Crippen molar-refractivity contribution in [1.82, 2.24) is 10.3 Å². The second-order valence-electron chi connectivity index (χ2n) is 9.87. The molecule has 1 amide bonds. The van der Waals surface area contributed by atoms with Gasteiger partial charge in [-0.05, 0) is 61.3 Å². The van der Waals surface area contributed by atoms with Crippen molar-refractivity contribution in [3.05, 3.63) is 47.1 Å². The van der Waals surface area contributed by atoms with Gasteiger partial charge in [-0.2, -0.15) is 0 Å². The van der Waals surface area contributed by atoms with Gasteiger partial charge >= 0.3 is 0 Å². The van der Waals surface area contributed by atoms with Crippen LogP contribution < -0.4 is 15.0 Å². The Bertz CT molecular complexity index is 967. The van der Waals surface area contributed by atoms with E-state index in [0.29, 0.717) is 39.2 Å². The number of para-hydroxylation sites is 1. The number of pyridine rings is 1. The third kappa shape index (κ3) is 4.57. The fraction of sp³-hybridized carbons (Fsp3) is 0.520. The number of carbonyl (C=O) groups is 1. The van der Waals surface area contributed by atoms with Crippen LogP contribution in [0.3, 0.4) is 0 Å². The lowest BCUT2D eigenvalue weighted by Gasteiger charge is -2.38. The number of fused-ring (bicyclic) bond motifs is 1. The third-order valence-corrected chi connectivity index (χ3v) is 7.04. The molecule has 0 saturated heterocycles. The molecule has 2 aromatic rings. The zero-order chi connectivity index (χ0) is 22.9. The Morgan fingerprint density at radius 3 is 2.62 bits per heavy atom. The number of halogens is 1. The highest BCUT2D eigenvalue weighted by molar-refractivity contribution is 6.33. The predicted octanol–water partition coefficient (Wildman–Crippen LogP) is 4.96. The van der Waals surface area contributed by atoms with E-state index in [2.05, 4.69) is 31.1 Å². The summed E-state index contributed by atoms with van der Waals surface area (Å²) in [6.45, 7) is 6.99. The molecule has 1 aliphatic heterocycles. The minimum Gasteiger partial charge on any atom is -0.488 e. The summed E-state index contributed by atoms with van der Waals surface area (Å²) in [6.07, 6.45) is 5.90. The van der Waals surface area contributed by atoms with Gasteiger partial charge in [0.05, 0.1) is 28.9 Å². The normalized spacial score (nSPS) is 23.3. The molecule has 32 heavy (non-hydrogen) atoms. The maximum atomic E-state index is 13.2. The molecular weight excluding hydrogens is 426 g/mol. The highest BCUT2D eigenvalue weighted by Crippen LogP contribution is 2.43. The van der Waals surface area contributed by atoms with Gasteiger partial charge in [-0.15, -0.1) is 0 Å². The van der Waals surface area contributed by atoms with Crippen LogP contribution in [0.4, 0.5) is 11.5 Å². The molecule has 0 spiro atoms. The zero-order valence-corrected chi connectivity index (χ0v) is 19.7. The number of hydrogen-bond acceptors (Lipinski definition) is 5. The monoisotopic (exact) mass is 457 g/mol. The van der Waals surface area contributed by atoms with Gasteiger partial charge in [0, 0.05) is 12.2 Å². The highest BCUT2D eigenvalue weighted by atomic mass is 35.5. The van der Waals surface area contributed by atoms with Gasteiger partial charge in [-0.3, -0.25) is 4.79 Å². The number of carbonyl (C=O) groups excluding carboxylic acids is 1. The molecular formula is C25H32ClN3O3. The van der Waals surface area contributed by atoms with Gasteiger partial charge in [-0.1, -0.05) is 38.4 Å². The summed E-state index contributed by atoms with van der Waals surface area (Å²) < 4.78 is 5.99. The largest absolute Gasteiger partial charge is 0.488 e. The lowest BCUT2D eigenvalue weighted by atomic mass is 9.71. The van der Waals surface area contributed by atoms with Crippen molar-refractivity contribution in [1.29, 1.82) is 0 Å². The molecule has 4 rings (SSSR count). The molecule has 2 aliphatic rings. The molecule has 7 heteroatoms. The molecule has 1 fully saturated rings. The number of aliphatic hydroxyl groups is 1. The van der Waals surface area contributed by atoms with E-state index in [0.717, 1.165) is 25.7 Å². The van der Waals surface area contributed by atoms with Crippen molar-refractivity contribution in [3.8, 4) is 5.75 Å². The molecule has 1 aliphatic carbocycles. The molecule has 6 nitrogen and oxygen atoms in total. The summed E-state index contributed by atoms with van der Waals surface area (Å²) in [7, 11) is 0. The van der Waals surface area contributed by atoms with Crippen LogP contribution in [0, 0.1) is 11.3 Å². The SMILES string of the molecule is CC(C)(C)[C@H]1CC[C@H](NC(=O)c2cccc3c2OC[C@H](CO)N3c2ncccc2Cl)CC1. The first-order valence-corrected chi connectivity index (χ1v) is 11.7. The maximum absolute atomic E-state index is 13.2. The van der Waals surface area contributed by atoms with Crippen LogP contribution in [0.15, 0.2) is 36.5 Å². The van der Waals surface area contributed by atoms with E-state index in [9.17, 15) is 9.90 Å². The van der Waals surface area contributed by atoms with Gasteiger partial charge in [0.2, 0.25) is 0 Å². The van der Waals surface area contributed by atoms with E-state index in [1.807, 2.05) is 17.0 Å². The maximum Gasteiger partial charge on any atom is 0.255 e. The Balaban J connectivity index is 1.57. The molecule has 172 valence electrons. The average molecular weight is 458 g/mol. The first-order chi connectivity index (χ1) is 15.3. The van der Waals surface area contributed by atoms with Crippen LogP contribution in [-0.4, -0.2) is 41.3 Å². The van der Waals surface area contributed by atoms with Gasteiger partial charge < -0.3 is 20.1 Å². The highest BCUT2D eigenvalue weighted by Gasteiger charge is 2.34. The molecule has 2 N–H and O–H groups in total. The lowest BCUT2D eigenvalue weighted by Crippen LogP contribution is -2.44. The van der Waals surface area contributed by atoms with Crippen molar-refractivity contribution < 1.29 is 14.6 Å². The molecule has 1 aromatic carbocycles. The fourth-order valence-corrected chi connectivity index (χ4v) is 5.05. The molecule has 0 radical (unpaired) electrons. The molecule has 0 unspecified atom stereocenters. The number of hydrogen-bond donors (Lipinski definition) is 2. The van der Waals surface area contributed by atoms with Crippen molar-refractivity contribution in [2.75, 3.05) is 18.1 Å². The van der Waals surface area contributed by atoms with Gasteiger partial charge in [0.1, 0.15) is 6.61 Å². The van der Waals surface area contributed by atoms with E-state index >= 15 is 0 Å². The van der Waals surface area contributed by atoms with Gasteiger partial charge in [-0.25, -0.2) is 4.98 Å². The number of rotatable bonds is 4. The quantitative estimate of drug-likeness (QED) is 0.678. The van der Waals surface area contributed by atoms with Crippen molar-refractivity contribution >= 4 is 29.0 Å². The van der Waals surface area contributed by atoms with E-state index in [1.54, 1.807) is 24.4 Å². The van der Waals surface area contributed by atoms with E-state index < -0.39 is 0 Å². The number of benzene rings is 1. The van der Waals surface area contributed by atoms with E-state index in [-0.39, 0.29) is 31.2 Å². The Morgan fingerprint density at radius 2 is 1.97 bits per heavy atom. The molecule has 0 bridgehead atoms. The number of nitrogens with one attached hydrogen (secondary N) is 1.